The molecule has 1 saturated carbocycles. The predicted molar refractivity (Wildman–Crippen MR) is 72.2 cm³/mol. The molecule has 2 rings (SSSR count). The lowest BCUT2D eigenvalue weighted by Gasteiger charge is -2.32. The molecule has 3 N–H and O–H groups in total. The molecule has 1 heterocycles. The van der Waals surface area contributed by atoms with Crippen molar-refractivity contribution >= 4 is 0 Å². The highest BCUT2D eigenvalue weighted by atomic mass is 16.3. The predicted octanol–water partition coefficient (Wildman–Crippen LogP) is 0.656. The van der Waals surface area contributed by atoms with E-state index in [2.05, 4.69) is 16.9 Å². The summed E-state index contributed by atoms with van der Waals surface area (Å²) in [6.07, 6.45) is 6.96. The molecule has 1 aliphatic rings. The van der Waals surface area contributed by atoms with Crippen molar-refractivity contribution in [1.82, 2.24) is 9.88 Å². The fourth-order valence-corrected chi connectivity index (χ4v) is 2.42. The molecule has 0 radical (unpaired) electrons. The maximum atomic E-state index is 9.47. The van der Waals surface area contributed by atoms with Crippen molar-refractivity contribution in [2.24, 2.45) is 11.7 Å². The van der Waals surface area contributed by atoms with E-state index in [1.165, 1.54) is 5.56 Å². The Hall–Kier alpha value is -0.970. The summed E-state index contributed by atoms with van der Waals surface area (Å²) in [5.74, 6) is 0.505. The van der Waals surface area contributed by atoms with Crippen molar-refractivity contribution in [2.75, 3.05) is 26.7 Å². The average molecular weight is 249 g/mol. The van der Waals surface area contributed by atoms with Crippen molar-refractivity contribution in [3.63, 3.8) is 0 Å². The average Bonchev–Trinajstić information content (AvgIpc) is 3.22. The molecule has 0 saturated heterocycles. The van der Waals surface area contributed by atoms with E-state index in [0.717, 1.165) is 32.4 Å². The van der Waals surface area contributed by atoms with E-state index in [0.29, 0.717) is 5.92 Å². The van der Waals surface area contributed by atoms with Crippen LogP contribution in [-0.4, -0.2) is 47.3 Å². The van der Waals surface area contributed by atoms with Crippen LogP contribution in [-0.2, 0) is 6.42 Å². The first-order valence-corrected chi connectivity index (χ1v) is 6.61. The number of rotatable bonds is 7. The number of nitrogens with zero attached hydrogens (tertiary/aromatic N) is 2. The van der Waals surface area contributed by atoms with Gasteiger partial charge in [0.05, 0.1) is 12.1 Å². The van der Waals surface area contributed by atoms with Gasteiger partial charge < -0.3 is 15.7 Å². The smallest absolute Gasteiger partial charge is 0.0626 e. The van der Waals surface area contributed by atoms with Gasteiger partial charge in [0.1, 0.15) is 0 Å². The minimum absolute atomic E-state index is 0.0806. The second-order valence-electron chi connectivity index (χ2n) is 5.51. The summed E-state index contributed by atoms with van der Waals surface area (Å²) in [6, 6.07) is 4.08. The molecule has 4 heteroatoms. The molecule has 1 unspecified atom stereocenters. The Morgan fingerprint density at radius 1 is 1.44 bits per heavy atom. The SMILES string of the molecule is CN(CCc1ccncc1)CC(N)(CO)C1CC1. The molecule has 1 aromatic rings. The maximum absolute atomic E-state index is 9.47. The number of aliphatic hydroxyl groups is 1. The van der Waals surface area contributed by atoms with E-state index in [-0.39, 0.29) is 6.61 Å². The summed E-state index contributed by atoms with van der Waals surface area (Å²) in [4.78, 5) is 6.23. The van der Waals surface area contributed by atoms with Gasteiger partial charge in [-0.05, 0) is 49.9 Å². The topological polar surface area (TPSA) is 62.4 Å². The van der Waals surface area contributed by atoms with Gasteiger partial charge in [0.25, 0.3) is 0 Å². The maximum Gasteiger partial charge on any atom is 0.0626 e. The van der Waals surface area contributed by atoms with Gasteiger partial charge in [-0.3, -0.25) is 4.98 Å². The zero-order valence-electron chi connectivity index (χ0n) is 11.0. The third-order valence-electron chi connectivity index (χ3n) is 3.78. The van der Waals surface area contributed by atoms with E-state index in [1.54, 1.807) is 0 Å². The fraction of sp³-hybridized carbons (Fsp3) is 0.643. The van der Waals surface area contributed by atoms with E-state index in [9.17, 15) is 5.11 Å². The van der Waals surface area contributed by atoms with Gasteiger partial charge in [-0.1, -0.05) is 0 Å². The van der Waals surface area contributed by atoms with Gasteiger partial charge in [-0.15, -0.1) is 0 Å². The van der Waals surface area contributed by atoms with Crippen LogP contribution in [0.25, 0.3) is 0 Å². The summed E-state index contributed by atoms with van der Waals surface area (Å²) < 4.78 is 0. The highest BCUT2D eigenvalue weighted by Gasteiger charge is 2.42. The zero-order chi connectivity index (χ0) is 13.0. The fourth-order valence-electron chi connectivity index (χ4n) is 2.42. The minimum atomic E-state index is -0.410. The molecule has 1 aromatic heterocycles. The van der Waals surface area contributed by atoms with Gasteiger partial charge in [-0.25, -0.2) is 0 Å². The lowest BCUT2D eigenvalue weighted by molar-refractivity contribution is 0.134. The Kier molecular flexibility index (Phi) is 4.32. The van der Waals surface area contributed by atoms with E-state index in [4.69, 9.17) is 5.73 Å². The molecular weight excluding hydrogens is 226 g/mol. The zero-order valence-corrected chi connectivity index (χ0v) is 11.0. The van der Waals surface area contributed by atoms with Gasteiger partial charge in [0.15, 0.2) is 0 Å². The van der Waals surface area contributed by atoms with Crippen LogP contribution in [0.4, 0.5) is 0 Å². The third-order valence-corrected chi connectivity index (χ3v) is 3.78. The van der Waals surface area contributed by atoms with Crippen LogP contribution in [0.15, 0.2) is 24.5 Å². The lowest BCUT2D eigenvalue weighted by atomic mass is 9.95. The molecule has 0 amide bonds. The number of hydrogen-bond donors (Lipinski definition) is 2. The number of likely N-dealkylation sites (N-methyl/N-ethyl adjacent to an activating group) is 1. The molecule has 0 spiro atoms. The standard InChI is InChI=1S/C14H23N3O/c1-17(9-6-12-4-7-16-8-5-12)10-14(15,11-18)13-2-3-13/h4-5,7-8,13,18H,2-3,6,9-11,15H2,1H3. The first kappa shape index (κ1) is 13.5. The molecule has 0 aromatic carbocycles. The van der Waals surface area contributed by atoms with E-state index < -0.39 is 5.54 Å². The minimum Gasteiger partial charge on any atom is -0.394 e. The summed E-state index contributed by atoms with van der Waals surface area (Å²) in [6.45, 7) is 1.80. The highest BCUT2D eigenvalue weighted by Crippen LogP contribution is 2.38. The molecular formula is C14H23N3O. The van der Waals surface area contributed by atoms with Gasteiger partial charge in [0.2, 0.25) is 0 Å². The third kappa shape index (κ3) is 3.51. The Bertz CT molecular complexity index is 367. The summed E-state index contributed by atoms with van der Waals surface area (Å²) in [5, 5.41) is 9.47. The van der Waals surface area contributed by atoms with Crippen molar-refractivity contribution < 1.29 is 5.11 Å². The quantitative estimate of drug-likeness (QED) is 0.745. The summed E-state index contributed by atoms with van der Waals surface area (Å²) in [7, 11) is 2.07. The largest absolute Gasteiger partial charge is 0.394 e. The van der Waals surface area contributed by atoms with Crippen molar-refractivity contribution in [3.8, 4) is 0 Å². The van der Waals surface area contributed by atoms with Gasteiger partial charge in [0, 0.05) is 25.5 Å². The molecule has 4 nitrogen and oxygen atoms in total. The van der Waals surface area contributed by atoms with Crippen LogP contribution in [0.3, 0.4) is 0 Å². The Labute approximate surface area is 109 Å². The van der Waals surface area contributed by atoms with Gasteiger partial charge in [-0.2, -0.15) is 0 Å². The molecule has 1 fully saturated rings. The van der Waals surface area contributed by atoms with Gasteiger partial charge >= 0.3 is 0 Å². The summed E-state index contributed by atoms with van der Waals surface area (Å²) >= 11 is 0. The first-order valence-electron chi connectivity index (χ1n) is 6.61. The lowest BCUT2D eigenvalue weighted by Crippen LogP contribution is -2.54. The van der Waals surface area contributed by atoms with Crippen molar-refractivity contribution in [1.29, 1.82) is 0 Å². The monoisotopic (exact) mass is 249 g/mol. The molecule has 100 valence electrons. The normalized spacial score (nSPS) is 18.9. The van der Waals surface area contributed by atoms with E-state index in [1.807, 2.05) is 24.5 Å². The molecule has 18 heavy (non-hydrogen) atoms. The van der Waals surface area contributed by atoms with Crippen LogP contribution in [0.2, 0.25) is 0 Å². The summed E-state index contributed by atoms with van der Waals surface area (Å²) in [5.41, 5.74) is 7.15. The number of aliphatic hydroxyl groups excluding tert-OH is 1. The number of nitrogens with two attached hydrogens (primary N) is 1. The Balaban J connectivity index is 1.79. The first-order chi connectivity index (χ1) is 8.64. The van der Waals surface area contributed by atoms with Crippen molar-refractivity contribution in [3.05, 3.63) is 30.1 Å². The number of hydrogen-bond acceptors (Lipinski definition) is 4. The molecule has 0 bridgehead atoms. The number of pyridine rings is 1. The second-order valence-corrected chi connectivity index (χ2v) is 5.51. The van der Waals surface area contributed by atoms with Crippen LogP contribution in [0.5, 0.6) is 0 Å². The Morgan fingerprint density at radius 3 is 2.67 bits per heavy atom. The van der Waals surface area contributed by atoms with E-state index >= 15 is 0 Å². The van der Waals surface area contributed by atoms with Crippen LogP contribution >= 0.6 is 0 Å². The second kappa shape index (κ2) is 5.78. The number of aromatic nitrogens is 1. The molecule has 0 aliphatic heterocycles. The van der Waals surface area contributed by atoms with Crippen LogP contribution < -0.4 is 5.73 Å². The highest BCUT2D eigenvalue weighted by molar-refractivity contribution is 5.10. The van der Waals surface area contributed by atoms with Crippen LogP contribution in [0.1, 0.15) is 18.4 Å². The Morgan fingerprint density at radius 2 is 2.11 bits per heavy atom. The van der Waals surface area contributed by atoms with Crippen molar-refractivity contribution in [2.45, 2.75) is 24.8 Å². The van der Waals surface area contributed by atoms with Crippen LogP contribution in [0, 0.1) is 5.92 Å². The molecule has 1 atom stereocenters. The molecule has 1 aliphatic carbocycles.